The van der Waals surface area contributed by atoms with Crippen molar-refractivity contribution in [3.63, 3.8) is 0 Å². The number of benzene rings is 2. The second-order valence-corrected chi connectivity index (χ2v) is 7.02. The first-order chi connectivity index (χ1) is 12.7. The van der Waals surface area contributed by atoms with Gasteiger partial charge in [-0.25, -0.2) is 4.39 Å². The molecule has 0 unspecified atom stereocenters. The number of ether oxygens (including phenoxy) is 1. The van der Waals surface area contributed by atoms with E-state index in [2.05, 4.69) is 15.5 Å². The predicted octanol–water partition coefficient (Wildman–Crippen LogP) is 3.90. The number of carbonyl (C=O) groups is 1. The average molecular weight is 369 g/mol. The Morgan fingerprint density at radius 3 is 2.92 bits per heavy atom. The summed E-state index contributed by atoms with van der Waals surface area (Å²) in [6, 6.07) is 14.0. The Bertz CT molecular complexity index is 927. The Kier molecular flexibility index (Phi) is 4.62. The Labute approximate surface area is 154 Å². The van der Waals surface area contributed by atoms with Crippen molar-refractivity contribution in [2.45, 2.75) is 11.9 Å². The number of hydrogen-bond donors (Lipinski definition) is 2. The molecule has 0 bridgehead atoms. The fraction of sp³-hybridized carbons (Fsp3) is 0.158. The second kappa shape index (κ2) is 7.21. The number of rotatable bonds is 4. The molecule has 7 heteroatoms. The molecule has 0 spiro atoms. The number of hydrogen-bond acceptors (Lipinski definition) is 4. The summed E-state index contributed by atoms with van der Waals surface area (Å²) >= 11 is 1.55. The molecule has 1 aliphatic rings. The Morgan fingerprint density at radius 1 is 1.23 bits per heavy atom. The van der Waals surface area contributed by atoms with Crippen molar-refractivity contribution in [3.8, 4) is 5.75 Å². The van der Waals surface area contributed by atoms with Crippen LogP contribution in [0.5, 0.6) is 5.75 Å². The van der Waals surface area contributed by atoms with Crippen LogP contribution in [0.4, 0.5) is 10.2 Å². The van der Waals surface area contributed by atoms with Gasteiger partial charge in [0.25, 0.3) is 0 Å². The molecule has 0 saturated carbocycles. The zero-order valence-corrected chi connectivity index (χ0v) is 14.6. The maximum Gasteiger partial charge on any atom is 0.235 e. The SMILES string of the molecule is O=C1CS[C@H](c2cccc(OCc3ccc(F)cc3)c2)c2cn[nH]c2N1. The molecule has 5 nitrogen and oxygen atoms in total. The van der Waals surface area contributed by atoms with Gasteiger partial charge in [-0.05, 0) is 35.4 Å². The molecule has 0 radical (unpaired) electrons. The van der Waals surface area contributed by atoms with Crippen molar-refractivity contribution < 1.29 is 13.9 Å². The summed E-state index contributed by atoms with van der Waals surface area (Å²) in [5, 5.41) is 9.69. The van der Waals surface area contributed by atoms with Gasteiger partial charge in [-0.1, -0.05) is 24.3 Å². The number of carbonyl (C=O) groups excluding carboxylic acids is 1. The lowest BCUT2D eigenvalue weighted by atomic mass is 10.1. The third-order valence-corrected chi connectivity index (χ3v) is 5.36. The van der Waals surface area contributed by atoms with Gasteiger partial charge in [-0.2, -0.15) is 5.10 Å². The van der Waals surface area contributed by atoms with Crippen LogP contribution < -0.4 is 10.1 Å². The second-order valence-electron chi connectivity index (χ2n) is 5.93. The van der Waals surface area contributed by atoms with Gasteiger partial charge in [0.15, 0.2) is 0 Å². The number of amides is 1. The number of anilines is 1. The normalized spacial score (nSPS) is 16.5. The van der Waals surface area contributed by atoms with Gasteiger partial charge in [0.05, 0.1) is 17.2 Å². The van der Waals surface area contributed by atoms with Gasteiger partial charge in [0.2, 0.25) is 5.91 Å². The van der Waals surface area contributed by atoms with E-state index >= 15 is 0 Å². The number of thioether (sulfide) groups is 1. The Hall–Kier alpha value is -2.80. The lowest BCUT2D eigenvalue weighted by Crippen LogP contribution is -2.12. The maximum absolute atomic E-state index is 13.0. The third-order valence-electron chi connectivity index (χ3n) is 4.08. The van der Waals surface area contributed by atoms with Crippen LogP contribution in [0.3, 0.4) is 0 Å². The molecule has 1 atom stereocenters. The van der Waals surface area contributed by atoms with E-state index in [0.29, 0.717) is 18.2 Å². The summed E-state index contributed by atoms with van der Waals surface area (Å²) in [5.41, 5.74) is 2.87. The van der Waals surface area contributed by atoms with Crippen LogP contribution in [0.15, 0.2) is 54.7 Å². The predicted molar refractivity (Wildman–Crippen MR) is 98.7 cm³/mol. The van der Waals surface area contributed by atoms with Gasteiger partial charge in [0.1, 0.15) is 24.0 Å². The van der Waals surface area contributed by atoms with E-state index in [1.165, 1.54) is 12.1 Å². The van der Waals surface area contributed by atoms with E-state index < -0.39 is 0 Å². The highest BCUT2D eigenvalue weighted by molar-refractivity contribution is 8.00. The van der Waals surface area contributed by atoms with Crippen molar-refractivity contribution in [1.29, 1.82) is 0 Å². The summed E-state index contributed by atoms with van der Waals surface area (Å²) in [6.45, 7) is 0.360. The highest BCUT2D eigenvalue weighted by Crippen LogP contribution is 2.41. The number of fused-ring (bicyclic) bond motifs is 1. The van der Waals surface area contributed by atoms with Crippen LogP contribution in [-0.2, 0) is 11.4 Å². The van der Waals surface area contributed by atoms with E-state index in [-0.39, 0.29) is 17.0 Å². The molecule has 2 heterocycles. The van der Waals surface area contributed by atoms with Crippen LogP contribution in [0.1, 0.15) is 21.9 Å². The number of halogens is 1. The van der Waals surface area contributed by atoms with Gasteiger partial charge in [0, 0.05) is 5.56 Å². The fourth-order valence-electron chi connectivity index (χ4n) is 2.81. The van der Waals surface area contributed by atoms with Crippen LogP contribution in [-0.4, -0.2) is 21.9 Å². The number of aromatic amines is 1. The van der Waals surface area contributed by atoms with Gasteiger partial charge in [-0.3, -0.25) is 9.89 Å². The molecule has 26 heavy (non-hydrogen) atoms. The summed E-state index contributed by atoms with van der Waals surface area (Å²) in [4.78, 5) is 11.8. The van der Waals surface area contributed by atoms with Crippen LogP contribution >= 0.6 is 11.8 Å². The van der Waals surface area contributed by atoms with Crippen molar-refractivity contribution in [3.05, 3.63) is 77.2 Å². The molecule has 1 amide bonds. The topological polar surface area (TPSA) is 67.0 Å². The number of H-pyrrole nitrogens is 1. The fourth-order valence-corrected chi connectivity index (χ4v) is 3.90. The minimum atomic E-state index is -0.264. The molecule has 3 aromatic rings. The maximum atomic E-state index is 13.0. The Balaban J connectivity index is 1.54. The lowest BCUT2D eigenvalue weighted by molar-refractivity contribution is -0.113. The van der Waals surface area contributed by atoms with Gasteiger partial charge >= 0.3 is 0 Å². The molecule has 0 fully saturated rings. The number of aromatic nitrogens is 2. The summed E-state index contributed by atoms with van der Waals surface area (Å²) in [7, 11) is 0. The first-order valence-electron chi connectivity index (χ1n) is 8.11. The van der Waals surface area contributed by atoms with Gasteiger partial charge < -0.3 is 10.1 Å². The number of nitrogens with zero attached hydrogens (tertiary/aromatic N) is 1. The smallest absolute Gasteiger partial charge is 0.235 e. The van der Waals surface area contributed by atoms with Crippen LogP contribution in [0.2, 0.25) is 0 Å². The van der Waals surface area contributed by atoms with Crippen molar-refractivity contribution in [2.24, 2.45) is 0 Å². The molecule has 0 aliphatic carbocycles. The zero-order chi connectivity index (χ0) is 17.9. The molecule has 1 aliphatic heterocycles. The zero-order valence-electron chi connectivity index (χ0n) is 13.7. The van der Waals surface area contributed by atoms with Crippen LogP contribution in [0.25, 0.3) is 0 Å². The summed E-state index contributed by atoms with van der Waals surface area (Å²) in [6.07, 6.45) is 1.74. The molecule has 2 N–H and O–H groups in total. The van der Waals surface area contributed by atoms with E-state index in [1.807, 2.05) is 24.3 Å². The standard InChI is InChI=1S/C19H16FN3O2S/c20-14-6-4-12(5-7-14)10-25-15-3-1-2-13(8-15)18-16-9-21-23-19(16)22-17(24)11-26-18/h1-9,18H,10-11H2,(H2,21,22,23,24)/t18-/m1/s1. The molecule has 0 saturated heterocycles. The van der Waals surface area contributed by atoms with Crippen molar-refractivity contribution in [1.82, 2.24) is 10.2 Å². The summed E-state index contributed by atoms with van der Waals surface area (Å²) in [5.74, 6) is 1.42. The first kappa shape index (κ1) is 16.7. The highest BCUT2D eigenvalue weighted by atomic mass is 32.2. The first-order valence-corrected chi connectivity index (χ1v) is 9.16. The molecular weight excluding hydrogens is 353 g/mol. The molecule has 4 rings (SSSR count). The van der Waals surface area contributed by atoms with Crippen molar-refractivity contribution >= 4 is 23.5 Å². The third kappa shape index (κ3) is 3.57. The lowest BCUT2D eigenvalue weighted by Gasteiger charge is -2.15. The van der Waals surface area contributed by atoms with Gasteiger partial charge in [-0.15, -0.1) is 11.8 Å². The van der Waals surface area contributed by atoms with Crippen LogP contribution in [0, 0.1) is 5.82 Å². The monoisotopic (exact) mass is 369 g/mol. The average Bonchev–Trinajstić information content (AvgIpc) is 3.03. The molecule has 2 aromatic carbocycles. The van der Waals surface area contributed by atoms with E-state index in [1.54, 1.807) is 30.1 Å². The largest absolute Gasteiger partial charge is 0.489 e. The molecular formula is C19H16FN3O2S. The minimum absolute atomic E-state index is 0.0166. The quantitative estimate of drug-likeness (QED) is 0.732. The molecule has 132 valence electrons. The van der Waals surface area contributed by atoms with E-state index in [9.17, 15) is 9.18 Å². The highest BCUT2D eigenvalue weighted by Gasteiger charge is 2.25. The van der Waals surface area contributed by atoms with E-state index in [0.717, 1.165) is 22.4 Å². The Morgan fingerprint density at radius 2 is 2.08 bits per heavy atom. The van der Waals surface area contributed by atoms with E-state index in [4.69, 9.17) is 4.74 Å². The number of nitrogens with one attached hydrogen (secondary N) is 2. The summed E-state index contributed by atoms with van der Waals surface area (Å²) < 4.78 is 18.8. The molecule has 1 aromatic heterocycles. The van der Waals surface area contributed by atoms with Crippen molar-refractivity contribution in [2.75, 3.05) is 11.1 Å². The minimum Gasteiger partial charge on any atom is -0.489 e.